The van der Waals surface area contributed by atoms with Gasteiger partial charge >= 0.3 is 0 Å². The summed E-state index contributed by atoms with van der Waals surface area (Å²) in [6.45, 7) is 4.68. The molecule has 0 unspecified atom stereocenters. The van der Waals surface area contributed by atoms with E-state index < -0.39 is 0 Å². The minimum atomic E-state index is -0.0884. The van der Waals surface area contributed by atoms with Crippen LogP contribution >= 0.6 is 0 Å². The Bertz CT molecular complexity index is 3220. The van der Waals surface area contributed by atoms with Crippen LogP contribution < -0.4 is 0 Å². The molecule has 10 aromatic rings. The average Bonchev–Trinajstić information content (AvgIpc) is 3.54. The lowest BCUT2D eigenvalue weighted by molar-refractivity contribution is 0.660. The van der Waals surface area contributed by atoms with Gasteiger partial charge in [-0.25, -0.2) is 15.0 Å². The molecule has 59 heavy (non-hydrogen) atoms. The predicted octanol–water partition coefficient (Wildman–Crippen LogP) is 14.5. The monoisotopic (exact) mass is 753 g/mol. The number of benzene rings is 9. The van der Waals surface area contributed by atoms with Crippen LogP contribution in [0.2, 0.25) is 0 Å². The molecule has 0 N–H and O–H groups in total. The Labute approximate surface area is 344 Å². The third kappa shape index (κ3) is 5.77. The lowest BCUT2D eigenvalue weighted by Crippen LogP contribution is -2.14. The zero-order valence-electron chi connectivity index (χ0n) is 32.9. The smallest absolute Gasteiger partial charge is 0.165 e. The van der Waals surface area contributed by atoms with Gasteiger partial charge < -0.3 is 0 Å². The summed E-state index contributed by atoms with van der Waals surface area (Å²) in [7, 11) is 0. The van der Waals surface area contributed by atoms with Gasteiger partial charge in [-0.2, -0.15) is 0 Å². The first-order valence-electron chi connectivity index (χ1n) is 20.3. The summed E-state index contributed by atoms with van der Waals surface area (Å²) < 4.78 is 0. The molecule has 0 saturated carbocycles. The summed E-state index contributed by atoms with van der Waals surface area (Å²) in [5.74, 6) is 1.90. The second-order valence-corrected chi connectivity index (χ2v) is 15.9. The molecule has 0 radical (unpaired) electrons. The van der Waals surface area contributed by atoms with Gasteiger partial charge in [0.25, 0.3) is 0 Å². The van der Waals surface area contributed by atoms with E-state index >= 15 is 0 Å². The quantitative estimate of drug-likeness (QED) is 0.170. The van der Waals surface area contributed by atoms with Crippen molar-refractivity contribution < 1.29 is 0 Å². The molecular weight excluding hydrogens is 715 g/mol. The Hall–Kier alpha value is -7.49. The van der Waals surface area contributed by atoms with Crippen LogP contribution in [0.5, 0.6) is 0 Å². The van der Waals surface area contributed by atoms with Crippen LogP contribution in [-0.4, -0.2) is 15.0 Å². The fourth-order valence-corrected chi connectivity index (χ4v) is 9.26. The molecule has 1 aromatic heterocycles. The van der Waals surface area contributed by atoms with Gasteiger partial charge in [-0.15, -0.1) is 0 Å². The summed E-state index contributed by atoms with van der Waals surface area (Å²) in [6.07, 6.45) is 0. The lowest BCUT2D eigenvalue weighted by Gasteiger charge is -2.21. The Morgan fingerprint density at radius 2 is 0.814 bits per heavy atom. The van der Waals surface area contributed by atoms with E-state index in [4.69, 9.17) is 15.0 Å². The highest BCUT2D eigenvalue weighted by molar-refractivity contribution is 6.08. The SMILES string of the molecule is CC1(C)c2ccccc2-c2c(-c3ccc(-c4nc(-c5ccc(-c6ccccc6)cc5)nc(-c5c(-c6ccccc6)ccc6ccccc56)n4)c4ccccc34)cccc21. The number of hydrogen-bond donors (Lipinski definition) is 0. The maximum atomic E-state index is 5.44. The van der Waals surface area contributed by atoms with E-state index in [9.17, 15) is 0 Å². The Balaban J connectivity index is 1.15. The summed E-state index contributed by atoms with van der Waals surface area (Å²) in [5, 5.41) is 4.48. The number of fused-ring (bicyclic) bond motifs is 5. The highest BCUT2D eigenvalue weighted by atomic mass is 15.0. The Kier molecular flexibility index (Phi) is 8.16. The van der Waals surface area contributed by atoms with Crippen molar-refractivity contribution in [2.75, 3.05) is 0 Å². The maximum Gasteiger partial charge on any atom is 0.165 e. The van der Waals surface area contributed by atoms with Crippen molar-refractivity contribution in [3.63, 3.8) is 0 Å². The molecule has 0 bridgehead atoms. The van der Waals surface area contributed by atoms with Crippen LogP contribution in [0.25, 0.3) is 100 Å². The molecule has 1 heterocycles. The first-order chi connectivity index (χ1) is 29.0. The van der Waals surface area contributed by atoms with Crippen LogP contribution in [0, 0.1) is 0 Å². The number of aromatic nitrogens is 3. The topological polar surface area (TPSA) is 38.7 Å². The van der Waals surface area contributed by atoms with Crippen LogP contribution in [0.1, 0.15) is 25.0 Å². The second kappa shape index (κ2) is 13.9. The van der Waals surface area contributed by atoms with E-state index in [1.807, 2.05) is 6.07 Å². The van der Waals surface area contributed by atoms with E-state index in [-0.39, 0.29) is 5.41 Å². The molecule has 0 aliphatic heterocycles. The first kappa shape index (κ1) is 34.7. The molecule has 0 fully saturated rings. The van der Waals surface area contributed by atoms with Crippen LogP contribution in [0.3, 0.4) is 0 Å². The van der Waals surface area contributed by atoms with Gasteiger partial charge in [-0.05, 0) is 83.2 Å². The molecular formula is C56H39N3. The molecule has 278 valence electrons. The fourth-order valence-electron chi connectivity index (χ4n) is 9.26. The zero-order valence-corrected chi connectivity index (χ0v) is 32.9. The van der Waals surface area contributed by atoms with Gasteiger partial charge in [0.05, 0.1) is 0 Å². The molecule has 0 saturated heterocycles. The molecule has 0 amide bonds. The van der Waals surface area contributed by atoms with E-state index in [2.05, 4.69) is 208 Å². The first-order valence-corrected chi connectivity index (χ1v) is 20.3. The summed E-state index contributed by atoms with van der Waals surface area (Å²) >= 11 is 0. The van der Waals surface area contributed by atoms with Gasteiger partial charge in [0.15, 0.2) is 17.5 Å². The van der Waals surface area contributed by atoms with Crippen molar-refractivity contribution in [2.24, 2.45) is 0 Å². The normalized spacial score (nSPS) is 12.7. The Morgan fingerprint density at radius 1 is 0.288 bits per heavy atom. The highest BCUT2D eigenvalue weighted by Crippen LogP contribution is 2.53. The van der Waals surface area contributed by atoms with E-state index in [0.29, 0.717) is 17.5 Å². The van der Waals surface area contributed by atoms with Crippen molar-refractivity contribution in [2.45, 2.75) is 19.3 Å². The van der Waals surface area contributed by atoms with Gasteiger partial charge in [0, 0.05) is 22.1 Å². The predicted molar refractivity (Wildman–Crippen MR) is 245 cm³/mol. The lowest BCUT2D eigenvalue weighted by atomic mass is 9.81. The van der Waals surface area contributed by atoms with Crippen molar-refractivity contribution in [1.29, 1.82) is 0 Å². The molecule has 9 aromatic carbocycles. The highest BCUT2D eigenvalue weighted by Gasteiger charge is 2.36. The van der Waals surface area contributed by atoms with Crippen LogP contribution in [-0.2, 0) is 5.41 Å². The standard InChI is InChI=1S/C56H39N3/c1-56(2)49-26-14-13-24-48(49)51-46(25-15-27-50(51)56)45-34-35-47(44-23-12-11-22-43(44)45)54-57-53(40-30-28-37(29-31-40)36-16-5-3-6-17-36)58-55(59-54)52-41-21-10-9-20-39(41)32-33-42(52)38-18-7-4-8-19-38/h3-35H,1-2H3. The summed E-state index contributed by atoms with van der Waals surface area (Å²) in [5.41, 5.74) is 15.1. The second-order valence-electron chi connectivity index (χ2n) is 15.9. The van der Waals surface area contributed by atoms with Crippen molar-refractivity contribution in [3.05, 3.63) is 211 Å². The minimum absolute atomic E-state index is 0.0884. The maximum absolute atomic E-state index is 5.44. The molecule has 0 atom stereocenters. The summed E-state index contributed by atoms with van der Waals surface area (Å²) in [4.78, 5) is 16.1. The average molecular weight is 754 g/mol. The van der Waals surface area contributed by atoms with Gasteiger partial charge in [-0.1, -0.05) is 208 Å². The zero-order chi connectivity index (χ0) is 39.5. The molecule has 3 heteroatoms. The van der Waals surface area contributed by atoms with E-state index in [1.165, 1.54) is 38.9 Å². The van der Waals surface area contributed by atoms with Gasteiger partial charge in [0.1, 0.15) is 0 Å². The van der Waals surface area contributed by atoms with Gasteiger partial charge in [-0.3, -0.25) is 0 Å². The largest absolute Gasteiger partial charge is 0.208 e. The van der Waals surface area contributed by atoms with Crippen molar-refractivity contribution in [1.82, 2.24) is 15.0 Å². The van der Waals surface area contributed by atoms with Crippen LogP contribution in [0.15, 0.2) is 200 Å². The minimum Gasteiger partial charge on any atom is -0.208 e. The molecule has 11 rings (SSSR count). The number of rotatable bonds is 6. The third-order valence-electron chi connectivity index (χ3n) is 12.2. The molecule has 1 aliphatic rings. The molecule has 3 nitrogen and oxygen atoms in total. The fraction of sp³-hybridized carbons (Fsp3) is 0.0536. The van der Waals surface area contributed by atoms with E-state index in [1.54, 1.807) is 0 Å². The summed E-state index contributed by atoms with van der Waals surface area (Å²) in [6, 6.07) is 71.3. The van der Waals surface area contributed by atoms with E-state index in [0.717, 1.165) is 54.9 Å². The Morgan fingerprint density at radius 3 is 1.59 bits per heavy atom. The van der Waals surface area contributed by atoms with Gasteiger partial charge in [0.2, 0.25) is 0 Å². The molecule has 1 aliphatic carbocycles. The number of hydrogen-bond acceptors (Lipinski definition) is 3. The third-order valence-corrected chi connectivity index (χ3v) is 12.2. The van der Waals surface area contributed by atoms with Crippen molar-refractivity contribution >= 4 is 21.5 Å². The van der Waals surface area contributed by atoms with Crippen molar-refractivity contribution in [3.8, 4) is 78.7 Å². The number of nitrogens with zero attached hydrogens (tertiary/aromatic N) is 3. The molecule has 0 spiro atoms. The van der Waals surface area contributed by atoms with Crippen LogP contribution in [0.4, 0.5) is 0 Å².